The van der Waals surface area contributed by atoms with Crippen molar-refractivity contribution in [1.29, 1.82) is 0 Å². The molecular weight excluding hydrogens is 305 g/mol. The van der Waals surface area contributed by atoms with E-state index in [4.69, 9.17) is 16.3 Å². The van der Waals surface area contributed by atoms with Crippen LogP contribution in [0, 0.1) is 5.92 Å². The predicted molar refractivity (Wildman–Crippen MR) is 83.8 cm³/mol. The van der Waals surface area contributed by atoms with Crippen LogP contribution in [-0.2, 0) is 9.53 Å². The number of ether oxygens (including phenoxy) is 1. The maximum absolute atomic E-state index is 12.5. The molecule has 0 aliphatic carbocycles. The first-order valence-corrected chi connectivity index (χ1v) is 8.19. The minimum atomic E-state index is -0.632. The van der Waals surface area contributed by atoms with Gasteiger partial charge in [-0.3, -0.25) is 9.69 Å². The third-order valence-corrected chi connectivity index (χ3v) is 5.41. The third-order valence-electron chi connectivity index (χ3n) is 5.16. The van der Waals surface area contributed by atoms with Crippen LogP contribution in [0.4, 0.5) is 4.39 Å². The third kappa shape index (κ3) is 2.86. The Labute approximate surface area is 135 Å². The first-order chi connectivity index (χ1) is 10.6. The molecule has 2 aliphatic rings. The lowest BCUT2D eigenvalue weighted by atomic mass is 9.76. The highest BCUT2D eigenvalue weighted by atomic mass is 35.5. The second kappa shape index (κ2) is 6.55. The number of carbonyl (C=O) groups excluding carboxylic acids is 1. The van der Waals surface area contributed by atoms with Crippen LogP contribution in [0.1, 0.15) is 30.7 Å². The average Bonchev–Trinajstić information content (AvgIpc) is 2.75. The van der Waals surface area contributed by atoms with E-state index in [2.05, 4.69) is 11.9 Å². The molecule has 22 heavy (non-hydrogen) atoms. The SMILES string of the molecule is CN1C2CCC1C(C(=O)OCCF)C(c1ccc(Cl)cc1)C2. The van der Waals surface area contributed by atoms with E-state index in [0.29, 0.717) is 11.1 Å². The zero-order chi connectivity index (χ0) is 15.7. The fraction of sp³-hybridized carbons (Fsp3) is 0.588. The van der Waals surface area contributed by atoms with Gasteiger partial charge in [0.2, 0.25) is 0 Å². The topological polar surface area (TPSA) is 29.5 Å². The lowest BCUT2D eigenvalue weighted by Gasteiger charge is -2.41. The van der Waals surface area contributed by atoms with Gasteiger partial charge < -0.3 is 4.74 Å². The van der Waals surface area contributed by atoms with E-state index in [1.54, 1.807) is 0 Å². The Bertz CT molecular complexity index is 536. The maximum atomic E-state index is 12.5. The van der Waals surface area contributed by atoms with Crippen LogP contribution in [0.2, 0.25) is 5.02 Å². The molecule has 0 aromatic heterocycles. The van der Waals surface area contributed by atoms with Gasteiger partial charge in [-0.1, -0.05) is 23.7 Å². The molecule has 0 N–H and O–H groups in total. The summed E-state index contributed by atoms with van der Waals surface area (Å²) in [5.41, 5.74) is 1.12. The molecule has 1 aromatic rings. The van der Waals surface area contributed by atoms with Gasteiger partial charge >= 0.3 is 5.97 Å². The average molecular weight is 326 g/mol. The molecule has 2 saturated heterocycles. The molecule has 0 spiro atoms. The Balaban J connectivity index is 1.88. The van der Waals surface area contributed by atoms with E-state index in [-0.39, 0.29) is 30.5 Å². The molecule has 2 aliphatic heterocycles. The lowest BCUT2D eigenvalue weighted by Crippen LogP contribution is -2.49. The standard InChI is InChI=1S/C17H21ClFNO2/c1-20-13-6-7-15(20)16(17(21)22-9-8-19)14(10-13)11-2-4-12(18)5-3-11/h2-5,13-16H,6-10H2,1H3. The zero-order valence-corrected chi connectivity index (χ0v) is 13.4. The summed E-state index contributed by atoms with van der Waals surface area (Å²) in [6.45, 7) is -0.782. The summed E-state index contributed by atoms with van der Waals surface area (Å²) >= 11 is 5.97. The second-order valence-electron chi connectivity index (χ2n) is 6.24. The van der Waals surface area contributed by atoms with Gasteiger partial charge in [-0.15, -0.1) is 0 Å². The number of piperidine rings is 1. The van der Waals surface area contributed by atoms with Gasteiger partial charge in [0.15, 0.2) is 0 Å². The maximum Gasteiger partial charge on any atom is 0.311 e. The van der Waals surface area contributed by atoms with Gasteiger partial charge in [-0.2, -0.15) is 0 Å². The minimum absolute atomic E-state index is 0.123. The quantitative estimate of drug-likeness (QED) is 0.794. The smallest absolute Gasteiger partial charge is 0.311 e. The number of carbonyl (C=O) groups is 1. The molecule has 4 atom stereocenters. The predicted octanol–water partition coefficient (Wildman–Crippen LogP) is 3.42. The fourth-order valence-corrected chi connectivity index (χ4v) is 4.20. The summed E-state index contributed by atoms with van der Waals surface area (Å²) in [6.07, 6.45) is 3.04. The summed E-state index contributed by atoms with van der Waals surface area (Å²) in [6, 6.07) is 8.41. The molecule has 0 saturated carbocycles. The summed E-state index contributed by atoms with van der Waals surface area (Å²) in [5.74, 6) is -0.371. The van der Waals surface area contributed by atoms with E-state index in [9.17, 15) is 9.18 Å². The van der Waals surface area contributed by atoms with Crippen LogP contribution in [0.3, 0.4) is 0 Å². The number of halogens is 2. The molecule has 0 amide bonds. The van der Waals surface area contributed by atoms with E-state index < -0.39 is 6.67 Å². The van der Waals surface area contributed by atoms with E-state index in [0.717, 1.165) is 24.8 Å². The first kappa shape index (κ1) is 15.8. The number of fused-ring (bicyclic) bond motifs is 2. The molecule has 4 unspecified atom stereocenters. The Kier molecular flexibility index (Phi) is 4.69. The van der Waals surface area contributed by atoms with E-state index in [1.807, 2.05) is 24.3 Å². The fourth-order valence-electron chi connectivity index (χ4n) is 4.08. The Hall–Kier alpha value is -1.13. The summed E-state index contributed by atoms with van der Waals surface area (Å²) in [5, 5.41) is 0.691. The van der Waals surface area contributed by atoms with Gasteiger partial charge in [-0.05, 0) is 44.0 Å². The number of rotatable bonds is 4. The lowest BCUT2D eigenvalue weighted by molar-refractivity contribution is -0.153. The van der Waals surface area contributed by atoms with Crippen LogP contribution in [0.5, 0.6) is 0 Å². The van der Waals surface area contributed by atoms with E-state index in [1.165, 1.54) is 0 Å². The minimum Gasteiger partial charge on any atom is -0.463 e. The van der Waals surface area contributed by atoms with Crippen molar-refractivity contribution in [2.24, 2.45) is 5.92 Å². The summed E-state index contributed by atoms with van der Waals surface area (Å²) in [4.78, 5) is 14.8. The van der Waals surface area contributed by atoms with Crippen molar-refractivity contribution in [3.05, 3.63) is 34.9 Å². The Morgan fingerprint density at radius 1 is 1.36 bits per heavy atom. The highest BCUT2D eigenvalue weighted by molar-refractivity contribution is 6.30. The highest BCUT2D eigenvalue weighted by Crippen LogP contribution is 2.46. The molecular formula is C17H21ClFNO2. The Morgan fingerprint density at radius 3 is 2.77 bits per heavy atom. The molecule has 2 heterocycles. The van der Waals surface area contributed by atoms with Gasteiger partial charge in [0, 0.05) is 23.0 Å². The number of hydrogen-bond donors (Lipinski definition) is 0. The molecule has 2 bridgehead atoms. The van der Waals surface area contributed by atoms with Crippen molar-refractivity contribution >= 4 is 17.6 Å². The highest BCUT2D eigenvalue weighted by Gasteiger charge is 2.49. The number of hydrogen-bond acceptors (Lipinski definition) is 3. The number of nitrogens with zero attached hydrogens (tertiary/aromatic N) is 1. The number of alkyl halides is 1. The van der Waals surface area contributed by atoms with Crippen molar-refractivity contribution in [2.45, 2.75) is 37.3 Å². The van der Waals surface area contributed by atoms with Crippen LogP contribution < -0.4 is 0 Å². The van der Waals surface area contributed by atoms with Crippen LogP contribution in [-0.4, -0.2) is 43.3 Å². The molecule has 2 fully saturated rings. The van der Waals surface area contributed by atoms with E-state index >= 15 is 0 Å². The molecule has 120 valence electrons. The van der Waals surface area contributed by atoms with Gasteiger partial charge in [0.1, 0.15) is 13.3 Å². The monoisotopic (exact) mass is 325 g/mol. The van der Waals surface area contributed by atoms with Crippen molar-refractivity contribution in [3.63, 3.8) is 0 Å². The van der Waals surface area contributed by atoms with Crippen molar-refractivity contribution in [1.82, 2.24) is 4.90 Å². The van der Waals surface area contributed by atoms with Crippen LogP contribution >= 0.6 is 11.6 Å². The molecule has 3 nitrogen and oxygen atoms in total. The molecule has 5 heteroatoms. The molecule has 1 aromatic carbocycles. The molecule has 0 radical (unpaired) electrons. The number of esters is 1. The molecule has 3 rings (SSSR count). The van der Waals surface area contributed by atoms with Crippen LogP contribution in [0.25, 0.3) is 0 Å². The van der Waals surface area contributed by atoms with Gasteiger partial charge in [0.05, 0.1) is 5.92 Å². The summed E-state index contributed by atoms with van der Waals surface area (Å²) in [7, 11) is 2.08. The number of benzene rings is 1. The normalized spacial score (nSPS) is 31.2. The largest absolute Gasteiger partial charge is 0.463 e. The van der Waals surface area contributed by atoms with Crippen molar-refractivity contribution in [2.75, 3.05) is 20.3 Å². The summed E-state index contributed by atoms with van der Waals surface area (Å²) < 4.78 is 17.5. The Morgan fingerprint density at radius 2 is 2.09 bits per heavy atom. The second-order valence-corrected chi connectivity index (χ2v) is 6.68. The van der Waals surface area contributed by atoms with Gasteiger partial charge in [-0.25, -0.2) is 4.39 Å². The first-order valence-electron chi connectivity index (χ1n) is 7.82. The van der Waals surface area contributed by atoms with Crippen molar-refractivity contribution < 1.29 is 13.9 Å². The zero-order valence-electron chi connectivity index (χ0n) is 12.7. The van der Waals surface area contributed by atoms with Crippen LogP contribution in [0.15, 0.2) is 24.3 Å². The van der Waals surface area contributed by atoms with Crippen molar-refractivity contribution in [3.8, 4) is 0 Å². The van der Waals surface area contributed by atoms with Gasteiger partial charge in [0.25, 0.3) is 0 Å².